The highest BCUT2D eigenvalue weighted by atomic mass is 19.4. The first-order chi connectivity index (χ1) is 15.9. The third-order valence-electron chi connectivity index (χ3n) is 6.25. The number of carbonyl (C=O) groups is 1. The molecule has 0 spiro atoms. The number of H-pyrrole nitrogens is 1. The van der Waals surface area contributed by atoms with Crippen LogP contribution in [0.5, 0.6) is 5.75 Å². The number of rotatable bonds is 4. The average Bonchev–Trinajstić information content (AvgIpc) is 3.27. The van der Waals surface area contributed by atoms with Crippen molar-refractivity contribution in [3.8, 4) is 5.75 Å². The van der Waals surface area contributed by atoms with Gasteiger partial charge in [0.2, 0.25) is 5.82 Å². The van der Waals surface area contributed by atoms with Gasteiger partial charge in [-0.3, -0.25) is 4.79 Å². The van der Waals surface area contributed by atoms with Gasteiger partial charge in [0.25, 0.3) is 5.91 Å². The maximum Gasteiger partial charge on any atom is 0.417 e. The number of aromatic nitrogens is 3. The van der Waals surface area contributed by atoms with Gasteiger partial charge in [-0.2, -0.15) is 22.7 Å². The summed E-state index contributed by atoms with van der Waals surface area (Å²) in [7, 11) is 1.04. The molecule has 0 unspecified atom stereocenters. The predicted octanol–water partition coefficient (Wildman–Crippen LogP) is 3.39. The highest BCUT2D eigenvalue weighted by molar-refractivity contribution is 5.95. The first kappa shape index (κ1) is 23.7. The Bertz CT molecular complexity index is 1320. The van der Waals surface area contributed by atoms with Gasteiger partial charge in [0, 0.05) is 23.6 Å². The molecule has 34 heavy (non-hydrogen) atoms. The first-order valence-corrected chi connectivity index (χ1v) is 10.0. The lowest BCUT2D eigenvalue weighted by Gasteiger charge is -2.32. The summed E-state index contributed by atoms with van der Waals surface area (Å²) in [5.41, 5.74) is -3.19. The van der Waals surface area contributed by atoms with Crippen molar-refractivity contribution in [2.45, 2.75) is 37.6 Å². The van der Waals surface area contributed by atoms with E-state index in [2.05, 4.69) is 15.5 Å². The molecular formula is C21H19F5N4O4. The van der Waals surface area contributed by atoms with Gasteiger partial charge >= 0.3 is 11.9 Å². The number of hydrogen-bond acceptors (Lipinski definition) is 5. The number of carbonyl (C=O) groups excluding carboxylic acids is 1. The Hall–Kier alpha value is -3.48. The highest BCUT2D eigenvalue weighted by Crippen LogP contribution is 2.55. The molecule has 3 aromatic rings. The topological polar surface area (TPSA) is 97.7 Å². The van der Waals surface area contributed by atoms with Crippen LogP contribution in [0, 0.1) is 17.6 Å². The number of hydrogen-bond donors (Lipinski definition) is 2. The fourth-order valence-electron chi connectivity index (χ4n) is 4.23. The van der Waals surface area contributed by atoms with Crippen molar-refractivity contribution in [3.63, 3.8) is 0 Å². The van der Waals surface area contributed by atoms with E-state index < -0.39 is 58.7 Å². The van der Waals surface area contributed by atoms with Crippen LogP contribution in [-0.4, -0.2) is 45.5 Å². The molecule has 1 aliphatic rings. The Balaban J connectivity index is 1.77. The number of methoxy groups -OCH3 is 1. The molecule has 3 heterocycles. The maximum atomic E-state index is 14.4. The Kier molecular flexibility index (Phi) is 5.62. The molecule has 2 aromatic heterocycles. The van der Waals surface area contributed by atoms with Crippen molar-refractivity contribution in [2.75, 3.05) is 12.4 Å². The summed E-state index contributed by atoms with van der Waals surface area (Å²) < 4.78 is 81.4. The van der Waals surface area contributed by atoms with Crippen molar-refractivity contribution in [3.05, 3.63) is 58.1 Å². The van der Waals surface area contributed by atoms with Gasteiger partial charge in [-0.05, 0) is 25.1 Å². The van der Waals surface area contributed by atoms with Crippen molar-refractivity contribution in [2.24, 2.45) is 5.92 Å². The van der Waals surface area contributed by atoms with Gasteiger partial charge in [-0.1, -0.05) is 13.0 Å². The molecular weight excluding hydrogens is 467 g/mol. The number of nitrogens with one attached hydrogen (secondary N) is 2. The van der Waals surface area contributed by atoms with Crippen LogP contribution in [0.1, 0.15) is 25.3 Å². The maximum absolute atomic E-state index is 14.4. The molecule has 0 bridgehead atoms. The van der Waals surface area contributed by atoms with E-state index in [1.165, 1.54) is 25.3 Å². The van der Waals surface area contributed by atoms with E-state index in [0.717, 1.165) is 30.6 Å². The van der Waals surface area contributed by atoms with Crippen LogP contribution in [-0.2, 0) is 9.53 Å². The number of anilines is 1. The first-order valence-electron chi connectivity index (χ1n) is 10.0. The fraction of sp³-hybridized carbons (Fsp3) is 0.381. The van der Waals surface area contributed by atoms with E-state index in [9.17, 15) is 31.5 Å². The molecule has 0 saturated carbocycles. The minimum atomic E-state index is -4.88. The molecule has 8 nitrogen and oxygen atoms in total. The molecule has 1 fully saturated rings. The monoisotopic (exact) mass is 486 g/mol. The number of ether oxygens (including phenoxy) is 2. The van der Waals surface area contributed by atoms with Crippen LogP contribution in [0.4, 0.5) is 27.6 Å². The summed E-state index contributed by atoms with van der Waals surface area (Å²) >= 11 is 0. The summed E-state index contributed by atoms with van der Waals surface area (Å²) in [6.45, 7) is 2.00. The van der Waals surface area contributed by atoms with Crippen molar-refractivity contribution >= 4 is 17.2 Å². The number of alkyl halides is 3. The van der Waals surface area contributed by atoms with Crippen LogP contribution in [0.2, 0.25) is 0 Å². The lowest BCUT2D eigenvalue weighted by atomic mass is 9.77. The van der Waals surface area contributed by atoms with Crippen LogP contribution in [0.3, 0.4) is 0 Å². The third-order valence-corrected chi connectivity index (χ3v) is 6.25. The second-order valence-electron chi connectivity index (χ2n) is 8.11. The smallest absolute Gasteiger partial charge is 0.417 e. The van der Waals surface area contributed by atoms with E-state index in [-0.39, 0.29) is 16.9 Å². The number of benzene rings is 1. The van der Waals surface area contributed by atoms with E-state index in [1.807, 2.05) is 0 Å². The minimum absolute atomic E-state index is 0.0777. The second-order valence-corrected chi connectivity index (χ2v) is 8.11. The van der Waals surface area contributed by atoms with E-state index in [4.69, 9.17) is 9.47 Å². The van der Waals surface area contributed by atoms with Crippen molar-refractivity contribution < 1.29 is 36.2 Å². The minimum Gasteiger partial charge on any atom is -0.493 e. The summed E-state index contributed by atoms with van der Waals surface area (Å²) in [6.07, 6.45) is -5.40. The van der Waals surface area contributed by atoms with Gasteiger partial charge in [-0.15, -0.1) is 0 Å². The molecule has 1 saturated heterocycles. The second kappa shape index (κ2) is 8.08. The zero-order valence-corrected chi connectivity index (χ0v) is 18.0. The molecule has 1 aliphatic heterocycles. The summed E-state index contributed by atoms with van der Waals surface area (Å²) in [5, 5.41) is 8.38. The van der Waals surface area contributed by atoms with Crippen LogP contribution in [0.15, 0.2) is 35.3 Å². The molecule has 4 rings (SSSR count). The van der Waals surface area contributed by atoms with E-state index in [1.54, 1.807) is 0 Å². The normalized spacial score (nSPS) is 25.0. The van der Waals surface area contributed by atoms with Crippen molar-refractivity contribution in [1.29, 1.82) is 0 Å². The van der Waals surface area contributed by atoms with E-state index >= 15 is 0 Å². The third kappa shape index (κ3) is 3.59. The van der Waals surface area contributed by atoms with Crippen LogP contribution >= 0.6 is 0 Å². The van der Waals surface area contributed by atoms with Gasteiger partial charge in [-0.25, -0.2) is 18.7 Å². The van der Waals surface area contributed by atoms with Gasteiger partial charge in [0.15, 0.2) is 22.8 Å². The number of pyridine rings is 1. The Morgan fingerprint density at radius 1 is 1.26 bits per heavy atom. The van der Waals surface area contributed by atoms with Gasteiger partial charge in [0.1, 0.15) is 6.10 Å². The number of halogens is 5. The Morgan fingerprint density at radius 3 is 2.62 bits per heavy atom. The van der Waals surface area contributed by atoms with Crippen LogP contribution < -0.4 is 15.7 Å². The highest BCUT2D eigenvalue weighted by Gasteiger charge is 2.65. The summed E-state index contributed by atoms with van der Waals surface area (Å²) in [6, 6.07) is 4.61. The molecule has 1 amide bonds. The predicted molar refractivity (Wildman–Crippen MR) is 109 cm³/mol. The largest absolute Gasteiger partial charge is 0.493 e. The van der Waals surface area contributed by atoms with Gasteiger partial charge < -0.3 is 14.8 Å². The van der Waals surface area contributed by atoms with Crippen molar-refractivity contribution in [1.82, 2.24) is 14.6 Å². The Labute approximate surface area is 188 Å². The molecule has 13 heteroatoms. The average molecular weight is 486 g/mol. The van der Waals surface area contributed by atoms with Crippen LogP contribution in [0.25, 0.3) is 5.65 Å². The standard InChI is InChI=1S/C21H19F5N4O4/c1-9-14(11-5-6-12(22)15(23)16(11)33-3)17(34-20(9,2)21(24,25)26)18(31)27-10-4-7-13-28-29-19(32)30(13)8-10/h4-9,14,17H,1-3H3,(H,27,31)(H,29,32)/t9-,14-,17+,20+/m0/s1. The zero-order valence-electron chi connectivity index (χ0n) is 18.0. The lowest BCUT2D eigenvalue weighted by Crippen LogP contribution is -2.47. The molecule has 2 N–H and O–H groups in total. The number of fused-ring (bicyclic) bond motifs is 1. The quantitative estimate of drug-likeness (QED) is 0.551. The molecule has 1 aromatic carbocycles. The molecule has 4 atom stereocenters. The number of nitrogens with zero attached hydrogens (tertiary/aromatic N) is 2. The lowest BCUT2D eigenvalue weighted by molar-refractivity contribution is -0.272. The van der Waals surface area contributed by atoms with E-state index in [0.29, 0.717) is 0 Å². The summed E-state index contributed by atoms with van der Waals surface area (Å²) in [5.74, 6) is -6.98. The van der Waals surface area contributed by atoms with Gasteiger partial charge in [0.05, 0.1) is 12.8 Å². The Morgan fingerprint density at radius 2 is 1.97 bits per heavy atom. The fourth-order valence-corrected chi connectivity index (χ4v) is 4.23. The molecule has 182 valence electrons. The number of aromatic amines is 1. The molecule has 0 radical (unpaired) electrons. The number of amides is 1. The molecule has 0 aliphatic carbocycles. The zero-order chi connectivity index (χ0) is 25.0. The summed E-state index contributed by atoms with van der Waals surface area (Å²) in [4.78, 5) is 24.9. The SMILES string of the molecule is COc1c([C@H]2[C@H](C(=O)Nc3ccc4n[nH]c(=O)n4c3)O[C@@](C)(C(F)(F)F)[C@H]2C)ccc(F)c1F.